The van der Waals surface area contributed by atoms with Gasteiger partial charge >= 0.3 is 6.18 Å². The van der Waals surface area contributed by atoms with Crippen LogP contribution in [0.3, 0.4) is 0 Å². The molecule has 9 nitrogen and oxygen atoms in total. The predicted molar refractivity (Wildman–Crippen MR) is 181 cm³/mol. The van der Waals surface area contributed by atoms with Crippen molar-refractivity contribution >= 4 is 23.5 Å². The average Bonchev–Trinajstić information content (AvgIpc) is 3.50. The Morgan fingerprint density at radius 2 is 1.77 bits per heavy atom. The van der Waals surface area contributed by atoms with Crippen molar-refractivity contribution in [2.45, 2.75) is 38.4 Å². The van der Waals surface area contributed by atoms with E-state index in [1.165, 1.54) is 12.5 Å². The van der Waals surface area contributed by atoms with E-state index in [1.807, 2.05) is 65.2 Å². The second-order valence-electron chi connectivity index (χ2n) is 11.7. The second-order valence-corrected chi connectivity index (χ2v) is 11.7. The molecule has 3 aromatic carbocycles. The lowest BCUT2D eigenvalue weighted by Crippen LogP contribution is -2.40. The fourth-order valence-corrected chi connectivity index (χ4v) is 5.72. The number of halogens is 3. The minimum absolute atomic E-state index is 0. The molecule has 4 aromatic rings. The summed E-state index contributed by atoms with van der Waals surface area (Å²) in [6.45, 7) is 9.64. The number of nitrogens with zero attached hydrogens (tertiary/aromatic N) is 4. The summed E-state index contributed by atoms with van der Waals surface area (Å²) >= 11 is 0. The standard InChI is InChI=1S/C28H31N5O2.C8H6F3NO.2H2/c1-3-32-26(34)16-24(25-18-30-33(28(25)32)23-11-5-4-6-12-23)22-10-7-9-21(15-22)17-29-27(35)20(2)19-31-13-8-14-31;9-8(10,11)6-3-1-2-5(4-6)7(12)13;;/h4-7,9-12,15,18,24H,2-3,8,13-14,16-17,19H2,1H3,(H,29,35);1-4H,(H2,12,13);2*1H/t24-;;;/m0.../s1. The summed E-state index contributed by atoms with van der Waals surface area (Å²) in [4.78, 5) is 40.2. The molecule has 3 heterocycles. The Morgan fingerprint density at radius 1 is 1.04 bits per heavy atom. The van der Waals surface area contributed by atoms with Crippen LogP contribution in [0.2, 0.25) is 0 Å². The number of carbonyl (C=O) groups excluding carboxylic acids is 3. The van der Waals surface area contributed by atoms with E-state index in [1.54, 1.807) is 0 Å². The highest BCUT2D eigenvalue weighted by Gasteiger charge is 2.35. The number of aromatic nitrogens is 2. The lowest BCUT2D eigenvalue weighted by atomic mass is 9.86. The first kappa shape index (κ1) is 34.1. The van der Waals surface area contributed by atoms with E-state index in [4.69, 9.17) is 5.73 Å². The highest BCUT2D eigenvalue weighted by Crippen LogP contribution is 2.41. The van der Waals surface area contributed by atoms with Crippen LogP contribution in [-0.4, -0.2) is 58.6 Å². The number of para-hydroxylation sites is 1. The van der Waals surface area contributed by atoms with E-state index in [0.29, 0.717) is 31.6 Å². The third kappa shape index (κ3) is 7.83. The van der Waals surface area contributed by atoms with Gasteiger partial charge in [-0.15, -0.1) is 0 Å². The third-order valence-electron chi connectivity index (χ3n) is 8.36. The highest BCUT2D eigenvalue weighted by atomic mass is 19.4. The Balaban J connectivity index is 0.000000384. The van der Waals surface area contributed by atoms with Crippen molar-refractivity contribution < 1.29 is 30.4 Å². The van der Waals surface area contributed by atoms with Gasteiger partial charge in [-0.2, -0.15) is 18.3 Å². The van der Waals surface area contributed by atoms with E-state index in [0.717, 1.165) is 59.5 Å². The average molecular weight is 663 g/mol. The quantitative estimate of drug-likeness (QED) is 0.216. The number of amides is 3. The van der Waals surface area contributed by atoms with Crippen LogP contribution in [0.4, 0.5) is 19.0 Å². The number of likely N-dealkylation sites (tertiary alicyclic amines) is 1. The number of carbonyl (C=O) groups is 3. The fourth-order valence-electron chi connectivity index (χ4n) is 5.72. The molecule has 2 aliphatic heterocycles. The maximum Gasteiger partial charge on any atom is 0.416 e. The van der Waals surface area contributed by atoms with E-state index < -0.39 is 17.6 Å². The predicted octanol–water partition coefficient (Wildman–Crippen LogP) is 5.94. The number of alkyl halides is 3. The molecule has 0 spiro atoms. The molecule has 12 heteroatoms. The maximum absolute atomic E-state index is 13.2. The summed E-state index contributed by atoms with van der Waals surface area (Å²) in [5, 5.41) is 7.66. The van der Waals surface area contributed by atoms with Gasteiger partial charge in [0.25, 0.3) is 0 Å². The number of rotatable bonds is 9. The second kappa shape index (κ2) is 14.7. The highest BCUT2D eigenvalue weighted by molar-refractivity contribution is 5.97. The van der Waals surface area contributed by atoms with E-state index in [9.17, 15) is 27.6 Å². The number of fused-ring (bicyclic) bond motifs is 1. The van der Waals surface area contributed by atoms with Gasteiger partial charge in [0.05, 0.1) is 17.4 Å². The van der Waals surface area contributed by atoms with E-state index in [2.05, 4.69) is 34.0 Å². The third-order valence-corrected chi connectivity index (χ3v) is 8.36. The SMILES string of the molecule is C=C(CN1CCC1)C(=O)NCc1cccc([C@@H]2CC(=O)N(CC)c3c2cnn3-c2ccccc2)c1.NC(=O)c1cccc(C(F)(F)F)c1.[HH].[HH]. The van der Waals surface area contributed by atoms with Gasteiger partial charge in [-0.1, -0.05) is 55.1 Å². The van der Waals surface area contributed by atoms with Crippen LogP contribution in [0.15, 0.2) is 97.2 Å². The molecule has 6 rings (SSSR count). The maximum atomic E-state index is 13.2. The summed E-state index contributed by atoms with van der Waals surface area (Å²) in [5.41, 5.74) is 8.41. The largest absolute Gasteiger partial charge is 0.416 e. The lowest BCUT2D eigenvalue weighted by molar-refractivity contribution is -0.137. The van der Waals surface area contributed by atoms with Gasteiger partial charge in [0, 0.05) is 51.5 Å². The molecule has 0 bridgehead atoms. The number of hydrogen-bond donors (Lipinski definition) is 2. The first-order valence-corrected chi connectivity index (χ1v) is 15.6. The summed E-state index contributed by atoms with van der Waals surface area (Å²) in [6.07, 6.45) is -0.973. The Kier molecular flexibility index (Phi) is 10.4. The molecule has 3 amide bonds. The van der Waals surface area contributed by atoms with Crippen LogP contribution < -0.4 is 16.0 Å². The number of nitrogens with two attached hydrogens (primary N) is 1. The molecular formula is C36H41F3N6O3. The summed E-state index contributed by atoms with van der Waals surface area (Å²) in [7, 11) is 0. The van der Waals surface area contributed by atoms with Crippen LogP contribution in [-0.2, 0) is 22.3 Å². The smallest absolute Gasteiger partial charge is 0.366 e. The van der Waals surface area contributed by atoms with Crippen molar-refractivity contribution in [3.05, 3.63) is 125 Å². The van der Waals surface area contributed by atoms with Crippen LogP contribution in [0.5, 0.6) is 0 Å². The number of nitrogens with one attached hydrogen (secondary N) is 1. The first-order valence-electron chi connectivity index (χ1n) is 15.6. The van der Waals surface area contributed by atoms with Crippen LogP contribution in [0, 0.1) is 0 Å². The zero-order valence-electron chi connectivity index (χ0n) is 26.5. The Bertz CT molecular complexity index is 1810. The summed E-state index contributed by atoms with van der Waals surface area (Å²) in [6, 6.07) is 22.0. The minimum atomic E-state index is -4.44. The van der Waals surface area contributed by atoms with Crippen LogP contribution in [0.1, 0.15) is 61.1 Å². The van der Waals surface area contributed by atoms with Gasteiger partial charge in [-0.05, 0) is 67.9 Å². The summed E-state index contributed by atoms with van der Waals surface area (Å²) < 4.78 is 38.1. The van der Waals surface area contributed by atoms with Crippen molar-refractivity contribution in [1.82, 2.24) is 20.0 Å². The molecular weight excluding hydrogens is 621 g/mol. The molecule has 48 heavy (non-hydrogen) atoms. The van der Waals surface area contributed by atoms with Gasteiger partial charge in [-0.3, -0.25) is 24.2 Å². The topological polar surface area (TPSA) is 114 Å². The van der Waals surface area contributed by atoms with Gasteiger partial charge in [0.15, 0.2) is 0 Å². The molecule has 0 saturated carbocycles. The molecule has 0 aliphatic carbocycles. The lowest BCUT2D eigenvalue weighted by Gasteiger charge is -2.32. The fraction of sp³-hybridized carbons (Fsp3) is 0.278. The van der Waals surface area contributed by atoms with Crippen molar-refractivity contribution in [2.24, 2.45) is 5.73 Å². The van der Waals surface area contributed by atoms with Crippen molar-refractivity contribution in [1.29, 1.82) is 0 Å². The molecule has 1 saturated heterocycles. The van der Waals surface area contributed by atoms with Crippen molar-refractivity contribution in [2.75, 3.05) is 31.1 Å². The van der Waals surface area contributed by atoms with Gasteiger partial charge in [-0.25, -0.2) is 4.68 Å². The summed E-state index contributed by atoms with van der Waals surface area (Å²) in [5.74, 6) is -0.148. The van der Waals surface area contributed by atoms with Crippen LogP contribution >= 0.6 is 0 Å². The van der Waals surface area contributed by atoms with Crippen molar-refractivity contribution in [3.8, 4) is 5.69 Å². The monoisotopic (exact) mass is 662 g/mol. The molecule has 1 fully saturated rings. The molecule has 3 N–H and O–H groups in total. The van der Waals surface area contributed by atoms with Gasteiger partial charge in [0.1, 0.15) is 5.82 Å². The minimum Gasteiger partial charge on any atom is -0.366 e. The van der Waals surface area contributed by atoms with Gasteiger partial charge in [0.2, 0.25) is 17.7 Å². The molecule has 1 aromatic heterocycles. The van der Waals surface area contributed by atoms with E-state index in [-0.39, 0.29) is 26.1 Å². The number of hydrogen-bond acceptors (Lipinski definition) is 5. The molecule has 2 aliphatic rings. The Hall–Kier alpha value is -5.23. The van der Waals surface area contributed by atoms with Crippen LogP contribution in [0.25, 0.3) is 5.69 Å². The molecule has 254 valence electrons. The number of anilines is 1. The number of benzene rings is 3. The Morgan fingerprint density at radius 3 is 2.42 bits per heavy atom. The van der Waals surface area contributed by atoms with E-state index >= 15 is 0 Å². The molecule has 0 radical (unpaired) electrons. The van der Waals surface area contributed by atoms with Crippen molar-refractivity contribution in [3.63, 3.8) is 0 Å². The normalized spacial score (nSPS) is 15.9. The first-order chi connectivity index (χ1) is 23.0. The number of primary amides is 1. The zero-order chi connectivity index (χ0) is 34.4. The van der Waals surface area contributed by atoms with Gasteiger partial charge < -0.3 is 11.1 Å². The Labute approximate surface area is 279 Å². The zero-order valence-corrected chi connectivity index (χ0v) is 26.5. The molecule has 1 atom stereocenters. The molecule has 0 unspecified atom stereocenters.